The Bertz CT molecular complexity index is 1010. The van der Waals surface area contributed by atoms with Crippen LogP contribution in [0.15, 0.2) is 76.4 Å². The largest absolute Gasteiger partial charge is 0.484 e. The number of furan rings is 1. The monoisotopic (exact) mass is 420 g/mol. The van der Waals surface area contributed by atoms with E-state index >= 15 is 0 Å². The SMILES string of the molecule is CC[C@H](C)c1ccc(OCC(=O)N/N=C/c2ccc(OC(=O)c3ccco3)cc2)cc1. The Kier molecular flexibility index (Phi) is 7.59. The molecule has 3 rings (SSSR count). The van der Waals surface area contributed by atoms with Crippen molar-refractivity contribution in [1.29, 1.82) is 0 Å². The van der Waals surface area contributed by atoms with E-state index in [0.717, 1.165) is 12.0 Å². The molecule has 7 nitrogen and oxygen atoms in total. The van der Waals surface area contributed by atoms with Crippen LogP contribution in [0.1, 0.15) is 47.9 Å². The minimum Gasteiger partial charge on any atom is -0.484 e. The predicted molar refractivity (Wildman–Crippen MR) is 116 cm³/mol. The van der Waals surface area contributed by atoms with E-state index in [1.165, 1.54) is 24.1 Å². The standard InChI is InChI=1S/C24H24N2O5/c1-3-17(2)19-8-12-20(13-9-19)30-16-23(27)26-25-15-18-6-10-21(11-7-18)31-24(28)22-5-4-14-29-22/h4-15,17H,3,16H2,1-2H3,(H,26,27)/b25-15+/t17-/m0/s1. The van der Waals surface area contributed by atoms with Crippen LogP contribution in [0, 0.1) is 0 Å². The first-order valence-corrected chi connectivity index (χ1v) is 9.95. The van der Waals surface area contributed by atoms with E-state index in [1.54, 1.807) is 30.3 Å². The zero-order chi connectivity index (χ0) is 22.1. The summed E-state index contributed by atoms with van der Waals surface area (Å²) in [6.45, 7) is 4.18. The third-order valence-electron chi connectivity index (χ3n) is 4.65. The Morgan fingerprint density at radius 2 is 1.77 bits per heavy atom. The molecule has 0 saturated heterocycles. The van der Waals surface area contributed by atoms with Crippen LogP contribution in [-0.4, -0.2) is 24.7 Å². The summed E-state index contributed by atoms with van der Waals surface area (Å²) in [4.78, 5) is 23.7. The smallest absolute Gasteiger partial charge is 0.379 e. The summed E-state index contributed by atoms with van der Waals surface area (Å²) in [6, 6.07) is 17.5. The lowest BCUT2D eigenvalue weighted by molar-refractivity contribution is -0.123. The van der Waals surface area contributed by atoms with Crippen molar-refractivity contribution in [2.75, 3.05) is 6.61 Å². The van der Waals surface area contributed by atoms with E-state index in [9.17, 15) is 9.59 Å². The van der Waals surface area contributed by atoms with E-state index < -0.39 is 5.97 Å². The summed E-state index contributed by atoms with van der Waals surface area (Å²) in [5.41, 5.74) is 4.38. The van der Waals surface area contributed by atoms with Gasteiger partial charge in [0.15, 0.2) is 6.61 Å². The molecule has 3 aromatic rings. The van der Waals surface area contributed by atoms with Crippen LogP contribution in [-0.2, 0) is 4.79 Å². The Morgan fingerprint density at radius 1 is 1.06 bits per heavy atom. The molecular weight excluding hydrogens is 396 g/mol. The summed E-state index contributed by atoms with van der Waals surface area (Å²) < 4.78 is 15.7. The average Bonchev–Trinajstić information content (AvgIpc) is 3.34. The highest BCUT2D eigenvalue weighted by Crippen LogP contribution is 2.21. The van der Waals surface area contributed by atoms with Gasteiger partial charge in [-0.1, -0.05) is 26.0 Å². The van der Waals surface area contributed by atoms with Gasteiger partial charge in [-0.3, -0.25) is 4.79 Å². The van der Waals surface area contributed by atoms with Crippen LogP contribution < -0.4 is 14.9 Å². The minimum absolute atomic E-state index is 0.127. The first kappa shape index (κ1) is 21.8. The number of ether oxygens (including phenoxy) is 2. The minimum atomic E-state index is -0.576. The van der Waals surface area contributed by atoms with Crippen molar-refractivity contribution in [3.05, 3.63) is 83.8 Å². The van der Waals surface area contributed by atoms with E-state index in [4.69, 9.17) is 13.9 Å². The highest BCUT2D eigenvalue weighted by atomic mass is 16.5. The zero-order valence-electron chi connectivity index (χ0n) is 17.4. The number of carbonyl (C=O) groups is 2. The summed E-state index contributed by atoms with van der Waals surface area (Å²) in [5.74, 6) is 0.673. The second kappa shape index (κ2) is 10.8. The molecule has 0 bridgehead atoms. The molecule has 1 atom stereocenters. The maximum Gasteiger partial charge on any atom is 0.379 e. The van der Waals surface area contributed by atoms with Gasteiger partial charge in [0.1, 0.15) is 11.5 Å². The molecule has 160 valence electrons. The van der Waals surface area contributed by atoms with Crippen LogP contribution in [0.4, 0.5) is 0 Å². The van der Waals surface area contributed by atoms with Crippen molar-refractivity contribution in [2.45, 2.75) is 26.2 Å². The number of amides is 1. The van der Waals surface area contributed by atoms with Gasteiger partial charge in [0.25, 0.3) is 5.91 Å². The third kappa shape index (κ3) is 6.57. The maximum absolute atomic E-state index is 11.9. The molecule has 1 N–H and O–H groups in total. The topological polar surface area (TPSA) is 90.1 Å². The van der Waals surface area contributed by atoms with Gasteiger partial charge in [0, 0.05) is 0 Å². The van der Waals surface area contributed by atoms with E-state index in [2.05, 4.69) is 24.4 Å². The van der Waals surface area contributed by atoms with Gasteiger partial charge in [0.05, 0.1) is 12.5 Å². The Morgan fingerprint density at radius 3 is 2.42 bits per heavy atom. The van der Waals surface area contributed by atoms with E-state index in [0.29, 0.717) is 17.4 Å². The summed E-state index contributed by atoms with van der Waals surface area (Å²) in [7, 11) is 0. The summed E-state index contributed by atoms with van der Waals surface area (Å²) in [5, 5.41) is 3.91. The fourth-order valence-corrected chi connectivity index (χ4v) is 2.66. The number of esters is 1. The molecule has 0 aliphatic carbocycles. The van der Waals surface area contributed by atoms with Gasteiger partial charge in [-0.15, -0.1) is 0 Å². The van der Waals surface area contributed by atoms with Crippen molar-refractivity contribution in [3.8, 4) is 11.5 Å². The second-order valence-electron chi connectivity index (χ2n) is 6.90. The molecule has 0 aliphatic rings. The molecule has 1 heterocycles. The molecule has 2 aromatic carbocycles. The zero-order valence-corrected chi connectivity index (χ0v) is 17.4. The van der Waals surface area contributed by atoms with Crippen LogP contribution in [0.3, 0.4) is 0 Å². The number of rotatable bonds is 9. The normalized spacial score (nSPS) is 11.8. The lowest BCUT2D eigenvalue weighted by atomic mass is 9.99. The molecule has 0 unspecified atom stereocenters. The van der Waals surface area contributed by atoms with Gasteiger partial charge < -0.3 is 13.9 Å². The lowest BCUT2D eigenvalue weighted by Crippen LogP contribution is -2.24. The Balaban J connectivity index is 1.42. The Labute approximate surface area is 180 Å². The number of nitrogens with one attached hydrogen (secondary N) is 1. The van der Waals surface area contributed by atoms with Crippen LogP contribution >= 0.6 is 0 Å². The van der Waals surface area contributed by atoms with Gasteiger partial charge in [0.2, 0.25) is 5.76 Å². The van der Waals surface area contributed by atoms with Crippen molar-refractivity contribution in [1.82, 2.24) is 5.43 Å². The molecule has 0 fully saturated rings. The van der Waals surface area contributed by atoms with Crippen LogP contribution in [0.2, 0.25) is 0 Å². The molecule has 1 aromatic heterocycles. The third-order valence-corrected chi connectivity index (χ3v) is 4.65. The van der Waals surface area contributed by atoms with Crippen LogP contribution in [0.25, 0.3) is 0 Å². The van der Waals surface area contributed by atoms with E-state index in [1.807, 2.05) is 24.3 Å². The molecule has 31 heavy (non-hydrogen) atoms. The molecule has 0 radical (unpaired) electrons. The van der Waals surface area contributed by atoms with Gasteiger partial charge in [-0.2, -0.15) is 5.10 Å². The Hall–Kier alpha value is -3.87. The second-order valence-corrected chi connectivity index (χ2v) is 6.90. The van der Waals surface area contributed by atoms with Crippen molar-refractivity contribution < 1.29 is 23.5 Å². The van der Waals surface area contributed by atoms with Gasteiger partial charge >= 0.3 is 5.97 Å². The molecule has 0 aliphatic heterocycles. The number of nitrogens with zero attached hydrogens (tertiary/aromatic N) is 1. The molecule has 7 heteroatoms. The highest BCUT2D eigenvalue weighted by molar-refractivity contribution is 5.88. The summed E-state index contributed by atoms with van der Waals surface area (Å²) in [6.07, 6.45) is 3.95. The molecule has 0 saturated carbocycles. The summed E-state index contributed by atoms with van der Waals surface area (Å²) >= 11 is 0. The maximum atomic E-state index is 11.9. The fraction of sp³-hybridized carbons (Fsp3) is 0.208. The van der Waals surface area contributed by atoms with Crippen molar-refractivity contribution in [3.63, 3.8) is 0 Å². The van der Waals surface area contributed by atoms with E-state index in [-0.39, 0.29) is 18.3 Å². The van der Waals surface area contributed by atoms with Gasteiger partial charge in [-0.05, 0) is 72.0 Å². The quantitative estimate of drug-likeness (QED) is 0.238. The fourth-order valence-electron chi connectivity index (χ4n) is 2.66. The van der Waals surface area contributed by atoms with Crippen LogP contribution in [0.5, 0.6) is 11.5 Å². The van der Waals surface area contributed by atoms with Gasteiger partial charge in [-0.25, -0.2) is 10.2 Å². The van der Waals surface area contributed by atoms with Crippen molar-refractivity contribution >= 4 is 18.1 Å². The molecule has 1 amide bonds. The lowest BCUT2D eigenvalue weighted by Gasteiger charge is -2.10. The predicted octanol–water partition coefficient (Wildman–Crippen LogP) is 4.54. The highest BCUT2D eigenvalue weighted by Gasteiger charge is 2.11. The van der Waals surface area contributed by atoms with Crippen molar-refractivity contribution in [2.24, 2.45) is 5.10 Å². The molecule has 0 spiro atoms. The first-order valence-electron chi connectivity index (χ1n) is 9.95. The number of benzene rings is 2. The first-order chi connectivity index (χ1) is 15.0. The molecular formula is C24H24N2O5. The average molecular weight is 420 g/mol. The number of hydrogen-bond donors (Lipinski definition) is 1. The number of carbonyl (C=O) groups excluding carboxylic acids is 2. The number of hydrogen-bond acceptors (Lipinski definition) is 6. The number of hydrazone groups is 1.